The minimum Gasteiger partial charge on any atom is -0.379 e. The first kappa shape index (κ1) is 14.1. The Morgan fingerprint density at radius 3 is 2.58 bits per heavy atom. The highest BCUT2D eigenvalue weighted by molar-refractivity contribution is 5.58. The van der Waals surface area contributed by atoms with E-state index < -0.39 is 0 Å². The summed E-state index contributed by atoms with van der Waals surface area (Å²) in [6.45, 7) is 10.8. The van der Waals surface area contributed by atoms with Gasteiger partial charge in [0, 0.05) is 25.1 Å². The molecule has 5 heteroatoms. The molecule has 0 saturated carbocycles. The van der Waals surface area contributed by atoms with Crippen molar-refractivity contribution in [3.63, 3.8) is 0 Å². The van der Waals surface area contributed by atoms with Crippen LogP contribution in [0.4, 0.5) is 11.6 Å². The van der Waals surface area contributed by atoms with E-state index in [2.05, 4.69) is 48.3 Å². The second kappa shape index (κ2) is 5.74. The summed E-state index contributed by atoms with van der Waals surface area (Å²) in [5.74, 6) is 2.72. The Kier molecular flexibility index (Phi) is 4.24. The second-order valence-electron chi connectivity index (χ2n) is 5.33. The van der Waals surface area contributed by atoms with Gasteiger partial charge in [0.1, 0.15) is 17.5 Å². The SMILES string of the molecule is CCNc1nc(CC)nc(NC2(C)CCOC2)c1C. The van der Waals surface area contributed by atoms with Crippen LogP contribution in [0.5, 0.6) is 0 Å². The van der Waals surface area contributed by atoms with Crippen LogP contribution in [-0.4, -0.2) is 35.3 Å². The Hall–Kier alpha value is -1.36. The maximum Gasteiger partial charge on any atom is 0.135 e. The van der Waals surface area contributed by atoms with E-state index in [0.29, 0.717) is 0 Å². The first-order chi connectivity index (χ1) is 9.08. The number of nitrogens with one attached hydrogen (secondary N) is 2. The van der Waals surface area contributed by atoms with E-state index in [0.717, 1.165) is 55.6 Å². The normalized spacial score (nSPS) is 22.5. The third kappa shape index (κ3) is 3.15. The largest absolute Gasteiger partial charge is 0.379 e. The predicted octanol–water partition coefficient (Wildman–Crippen LogP) is 2.37. The Balaban J connectivity index is 2.29. The van der Waals surface area contributed by atoms with Gasteiger partial charge in [-0.15, -0.1) is 0 Å². The molecule has 1 unspecified atom stereocenters. The lowest BCUT2D eigenvalue weighted by Gasteiger charge is -2.26. The van der Waals surface area contributed by atoms with Crippen LogP contribution in [0.25, 0.3) is 0 Å². The Bertz CT molecular complexity index is 441. The number of nitrogens with zero attached hydrogens (tertiary/aromatic N) is 2. The van der Waals surface area contributed by atoms with Crippen LogP contribution >= 0.6 is 0 Å². The molecule has 1 aliphatic heterocycles. The van der Waals surface area contributed by atoms with Crippen molar-refractivity contribution < 1.29 is 4.74 Å². The standard InChI is InChI=1S/C14H24N4O/c1-5-11-16-12(15-6-2)10(3)13(17-11)18-14(4)7-8-19-9-14/h5-9H2,1-4H3,(H2,15,16,17,18). The number of ether oxygens (including phenoxy) is 1. The first-order valence-electron chi connectivity index (χ1n) is 7.05. The molecule has 0 radical (unpaired) electrons. The number of aryl methyl sites for hydroxylation is 1. The molecule has 106 valence electrons. The molecule has 1 atom stereocenters. The van der Waals surface area contributed by atoms with E-state index in [1.54, 1.807) is 0 Å². The van der Waals surface area contributed by atoms with Gasteiger partial charge in [-0.1, -0.05) is 6.92 Å². The minimum atomic E-state index is -0.0202. The predicted molar refractivity (Wildman–Crippen MR) is 77.8 cm³/mol. The van der Waals surface area contributed by atoms with E-state index in [4.69, 9.17) is 4.74 Å². The van der Waals surface area contributed by atoms with Crippen molar-refractivity contribution in [3.05, 3.63) is 11.4 Å². The third-order valence-electron chi connectivity index (χ3n) is 3.49. The molecule has 1 fully saturated rings. The van der Waals surface area contributed by atoms with Crippen molar-refractivity contribution in [1.82, 2.24) is 9.97 Å². The van der Waals surface area contributed by atoms with Crippen LogP contribution in [0.2, 0.25) is 0 Å². The van der Waals surface area contributed by atoms with Gasteiger partial charge in [-0.2, -0.15) is 0 Å². The van der Waals surface area contributed by atoms with Crippen LogP contribution < -0.4 is 10.6 Å². The van der Waals surface area contributed by atoms with Crippen molar-refractivity contribution in [2.45, 2.75) is 46.1 Å². The van der Waals surface area contributed by atoms with E-state index in [1.165, 1.54) is 0 Å². The lowest BCUT2D eigenvalue weighted by atomic mass is 10.0. The molecule has 1 aliphatic rings. The number of aromatic nitrogens is 2. The van der Waals surface area contributed by atoms with E-state index >= 15 is 0 Å². The van der Waals surface area contributed by atoms with Gasteiger partial charge in [-0.05, 0) is 27.2 Å². The molecule has 5 nitrogen and oxygen atoms in total. The summed E-state index contributed by atoms with van der Waals surface area (Å²) in [7, 11) is 0. The summed E-state index contributed by atoms with van der Waals surface area (Å²) in [6.07, 6.45) is 1.84. The first-order valence-corrected chi connectivity index (χ1v) is 7.05. The van der Waals surface area contributed by atoms with Crippen molar-refractivity contribution in [1.29, 1.82) is 0 Å². The fourth-order valence-corrected chi connectivity index (χ4v) is 2.23. The lowest BCUT2D eigenvalue weighted by Crippen LogP contribution is -2.36. The van der Waals surface area contributed by atoms with Gasteiger partial charge in [0.15, 0.2) is 0 Å². The molecule has 0 amide bonds. The molecule has 1 aromatic rings. The summed E-state index contributed by atoms with van der Waals surface area (Å²) in [4.78, 5) is 9.17. The summed E-state index contributed by atoms with van der Waals surface area (Å²) in [5, 5.41) is 6.85. The molecule has 0 bridgehead atoms. The topological polar surface area (TPSA) is 59.1 Å². The van der Waals surface area contributed by atoms with Gasteiger partial charge in [-0.3, -0.25) is 0 Å². The molecule has 2 N–H and O–H groups in total. The van der Waals surface area contributed by atoms with Crippen molar-refractivity contribution in [2.75, 3.05) is 30.4 Å². The fraction of sp³-hybridized carbons (Fsp3) is 0.714. The summed E-state index contributed by atoms with van der Waals surface area (Å²) >= 11 is 0. The van der Waals surface area contributed by atoms with Gasteiger partial charge in [-0.25, -0.2) is 9.97 Å². The molecule has 0 aliphatic carbocycles. The highest BCUT2D eigenvalue weighted by Gasteiger charge is 2.30. The quantitative estimate of drug-likeness (QED) is 0.855. The van der Waals surface area contributed by atoms with Gasteiger partial charge < -0.3 is 15.4 Å². The van der Waals surface area contributed by atoms with Crippen molar-refractivity contribution >= 4 is 11.6 Å². The second-order valence-corrected chi connectivity index (χ2v) is 5.33. The highest BCUT2D eigenvalue weighted by atomic mass is 16.5. The molecule has 19 heavy (non-hydrogen) atoms. The van der Waals surface area contributed by atoms with Crippen LogP contribution in [0.3, 0.4) is 0 Å². The average Bonchev–Trinajstić information content (AvgIpc) is 2.81. The van der Waals surface area contributed by atoms with Crippen LogP contribution in [0, 0.1) is 6.92 Å². The minimum absolute atomic E-state index is 0.0202. The maximum atomic E-state index is 5.48. The van der Waals surface area contributed by atoms with Gasteiger partial charge in [0.25, 0.3) is 0 Å². The molecule has 1 aromatic heterocycles. The molecule has 2 rings (SSSR count). The zero-order chi connectivity index (χ0) is 13.9. The molecule has 2 heterocycles. The van der Waals surface area contributed by atoms with Crippen molar-refractivity contribution in [3.8, 4) is 0 Å². The average molecular weight is 264 g/mol. The maximum absolute atomic E-state index is 5.48. The Labute approximate surface area is 115 Å². The third-order valence-corrected chi connectivity index (χ3v) is 3.49. The van der Waals surface area contributed by atoms with Gasteiger partial charge in [0.05, 0.1) is 12.1 Å². The number of hydrogen-bond acceptors (Lipinski definition) is 5. The summed E-state index contributed by atoms with van der Waals surface area (Å²) < 4.78 is 5.48. The van der Waals surface area contributed by atoms with Gasteiger partial charge in [0.2, 0.25) is 0 Å². The molecular weight excluding hydrogens is 240 g/mol. The Morgan fingerprint density at radius 1 is 1.26 bits per heavy atom. The number of anilines is 2. The smallest absolute Gasteiger partial charge is 0.135 e. The van der Waals surface area contributed by atoms with E-state index in [9.17, 15) is 0 Å². The molecule has 0 spiro atoms. The van der Waals surface area contributed by atoms with Crippen molar-refractivity contribution in [2.24, 2.45) is 0 Å². The fourth-order valence-electron chi connectivity index (χ4n) is 2.23. The highest BCUT2D eigenvalue weighted by Crippen LogP contribution is 2.27. The molecule has 0 aromatic carbocycles. The number of rotatable bonds is 5. The molecule has 1 saturated heterocycles. The Morgan fingerprint density at radius 2 is 2.00 bits per heavy atom. The lowest BCUT2D eigenvalue weighted by molar-refractivity contribution is 0.185. The monoisotopic (exact) mass is 264 g/mol. The zero-order valence-corrected chi connectivity index (χ0v) is 12.3. The van der Waals surface area contributed by atoms with E-state index in [-0.39, 0.29) is 5.54 Å². The van der Waals surface area contributed by atoms with E-state index in [1.807, 2.05) is 0 Å². The number of hydrogen-bond donors (Lipinski definition) is 2. The van der Waals surface area contributed by atoms with Crippen LogP contribution in [0.15, 0.2) is 0 Å². The molecular formula is C14H24N4O. The zero-order valence-electron chi connectivity index (χ0n) is 12.3. The summed E-state index contributed by atoms with van der Waals surface area (Å²) in [5.41, 5.74) is 1.06. The summed E-state index contributed by atoms with van der Waals surface area (Å²) in [6, 6.07) is 0. The van der Waals surface area contributed by atoms with Gasteiger partial charge >= 0.3 is 0 Å². The van der Waals surface area contributed by atoms with Crippen LogP contribution in [0.1, 0.15) is 38.6 Å². The van der Waals surface area contributed by atoms with Crippen LogP contribution in [-0.2, 0) is 11.2 Å².